The fourth-order valence-corrected chi connectivity index (χ4v) is 2.15. The molecule has 5 heteroatoms. The molecular formula is C14H14ClNO3. The Hall–Kier alpha value is -1.81. The van der Waals surface area contributed by atoms with Crippen LogP contribution in [0.1, 0.15) is 33.3 Å². The third-order valence-electron chi connectivity index (χ3n) is 2.83. The monoisotopic (exact) mass is 279 g/mol. The summed E-state index contributed by atoms with van der Waals surface area (Å²) in [6.45, 7) is 3.89. The number of esters is 1. The molecule has 0 fully saturated rings. The Morgan fingerprint density at radius 1 is 1.37 bits per heavy atom. The molecule has 1 N–H and O–H groups in total. The highest BCUT2D eigenvalue weighted by Crippen LogP contribution is 2.25. The number of carbonyl (C=O) groups excluding carboxylic acids is 2. The minimum Gasteiger partial charge on any atom is -0.461 e. The van der Waals surface area contributed by atoms with Crippen LogP contribution in [0.25, 0.3) is 10.9 Å². The molecule has 1 aromatic carbocycles. The number of nitrogens with one attached hydrogen (secondary N) is 1. The largest absolute Gasteiger partial charge is 0.461 e. The molecule has 0 saturated heterocycles. The van der Waals surface area contributed by atoms with E-state index in [1.807, 2.05) is 25.1 Å². The fourth-order valence-electron chi connectivity index (χ4n) is 2.02. The molecule has 4 nitrogen and oxygen atoms in total. The zero-order valence-corrected chi connectivity index (χ0v) is 11.5. The van der Waals surface area contributed by atoms with Gasteiger partial charge in [-0.1, -0.05) is 11.6 Å². The van der Waals surface area contributed by atoms with Crippen LogP contribution in [0, 0.1) is 6.92 Å². The van der Waals surface area contributed by atoms with Crippen molar-refractivity contribution in [3.8, 4) is 0 Å². The lowest BCUT2D eigenvalue weighted by atomic mass is 10.1. The average molecular weight is 280 g/mol. The summed E-state index contributed by atoms with van der Waals surface area (Å²) in [5, 5.41) is 0.703. The van der Waals surface area contributed by atoms with Gasteiger partial charge in [0.15, 0.2) is 5.78 Å². The van der Waals surface area contributed by atoms with Gasteiger partial charge in [0.2, 0.25) is 0 Å². The SMILES string of the molecule is CCOC(=O)c1[nH]c2ccc(C)cc2c1C(=O)CCl. The Morgan fingerprint density at radius 2 is 2.11 bits per heavy atom. The summed E-state index contributed by atoms with van der Waals surface area (Å²) in [6, 6.07) is 5.59. The second-order valence-corrected chi connectivity index (χ2v) is 4.47. The summed E-state index contributed by atoms with van der Waals surface area (Å²) in [7, 11) is 0. The number of ether oxygens (including phenoxy) is 1. The van der Waals surface area contributed by atoms with Crippen LogP contribution in [-0.4, -0.2) is 29.2 Å². The summed E-state index contributed by atoms with van der Waals surface area (Å²) >= 11 is 5.62. The number of carbonyl (C=O) groups is 2. The number of aryl methyl sites for hydroxylation is 1. The number of H-pyrrole nitrogens is 1. The van der Waals surface area contributed by atoms with Gasteiger partial charge in [0, 0.05) is 10.9 Å². The van der Waals surface area contributed by atoms with Crippen molar-refractivity contribution in [1.29, 1.82) is 0 Å². The standard InChI is InChI=1S/C14H14ClNO3/c1-3-19-14(18)13-12(11(17)7-15)9-6-8(2)4-5-10(9)16-13/h4-6,16H,3,7H2,1-2H3. The third-order valence-corrected chi connectivity index (χ3v) is 3.08. The number of benzene rings is 1. The van der Waals surface area contributed by atoms with Crippen LogP contribution in [0.4, 0.5) is 0 Å². The Morgan fingerprint density at radius 3 is 2.74 bits per heavy atom. The van der Waals surface area contributed by atoms with Gasteiger partial charge >= 0.3 is 5.97 Å². The van der Waals surface area contributed by atoms with Crippen LogP contribution >= 0.6 is 11.6 Å². The first kappa shape index (κ1) is 13.6. The summed E-state index contributed by atoms with van der Waals surface area (Å²) in [4.78, 5) is 26.8. The van der Waals surface area contributed by atoms with E-state index in [-0.39, 0.29) is 24.0 Å². The molecule has 0 unspecified atom stereocenters. The molecule has 0 bridgehead atoms. The quantitative estimate of drug-likeness (QED) is 0.531. The lowest BCUT2D eigenvalue weighted by Gasteiger charge is -2.02. The topological polar surface area (TPSA) is 59.2 Å². The normalized spacial score (nSPS) is 10.7. The van der Waals surface area contributed by atoms with Gasteiger partial charge < -0.3 is 9.72 Å². The minimum absolute atomic E-state index is 0.173. The molecule has 19 heavy (non-hydrogen) atoms. The zero-order valence-electron chi connectivity index (χ0n) is 10.7. The summed E-state index contributed by atoms with van der Waals surface area (Å²) in [6.07, 6.45) is 0. The molecule has 0 aliphatic rings. The highest BCUT2D eigenvalue weighted by molar-refractivity contribution is 6.33. The number of alkyl halides is 1. The predicted molar refractivity (Wildman–Crippen MR) is 74.0 cm³/mol. The Kier molecular flexibility index (Phi) is 3.90. The van der Waals surface area contributed by atoms with Crippen molar-refractivity contribution in [2.75, 3.05) is 12.5 Å². The molecule has 0 spiro atoms. The molecule has 2 rings (SSSR count). The lowest BCUT2D eigenvalue weighted by molar-refractivity contribution is 0.0517. The lowest BCUT2D eigenvalue weighted by Crippen LogP contribution is -2.12. The van der Waals surface area contributed by atoms with Gasteiger partial charge in [-0.15, -0.1) is 11.6 Å². The molecule has 0 aliphatic carbocycles. The van der Waals surface area contributed by atoms with Crippen LogP contribution < -0.4 is 0 Å². The second kappa shape index (κ2) is 5.45. The van der Waals surface area contributed by atoms with Gasteiger partial charge in [-0.2, -0.15) is 0 Å². The van der Waals surface area contributed by atoms with Crippen molar-refractivity contribution in [3.63, 3.8) is 0 Å². The van der Waals surface area contributed by atoms with E-state index in [1.54, 1.807) is 6.92 Å². The zero-order chi connectivity index (χ0) is 14.0. The Bertz CT molecular complexity index is 645. The summed E-state index contributed by atoms with van der Waals surface area (Å²) < 4.78 is 4.96. The van der Waals surface area contributed by atoms with E-state index in [0.29, 0.717) is 10.9 Å². The number of aromatic amines is 1. The molecular weight excluding hydrogens is 266 g/mol. The molecule has 0 saturated carbocycles. The Balaban J connectivity index is 2.68. The number of hydrogen-bond donors (Lipinski definition) is 1. The van der Waals surface area contributed by atoms with Crippen LogP contribution in [0.5, 0.6) is 0 Å². The molecule has 0 aliphatic heterocycles. The molecule has 0 atom stereocenters. The molecule has 100 valence electrons. The molecule has 1 heterocycles. The highest BCUT2D eigenvalue weighted by atomic mass is 35.5. The van der Waals surface area contributed by atoms with Gasteiger partial charge in [-0.05, 0) is 26.0 Å². The van der Waals surface area contributed by atoms with E-state index in [2.05, 4.69) is 4.98 Å². The van der Waals surface area contributed by atoms with Crippen LogP contribution in [0.3, 0.4) is 0 Å². The van der Waals surface area contributed by atoms with Gasteiger partial charge in [0.25, 0.3) is 0 Å². The number of ketones is 1. The number of halogens is 1. The van der Waals surface area contributed by atoms with Gasteiger partial charge in [0.05, 0.1) is 18.1 Å². The number of aromatic nitrogens is 1. The first-order chi connectivity index (χ1) is 9.08. The minimum atomic E-state index is -0.537. The van der Waals surface area contributed by atoms with Crippen molar-refractivity contribution in [1.82, 2.24) is 4.98 Å². The number of Topliss-reactive ketones (excluding diaryl/α,β-unsaturated/α-hetero) is 1. The molecule has 2 aromatic rings. The van der Waals surface area contributed by atoms with Crippen molar-refractivity contribution in [3.05, 3.63) is 35.0 Å². The summed E-state index contributed by atoms with van der Waals surface area (Å²) in [5.74, 6) is -1.00. The summed E-state index contributed by atoms with van der Waals surface area (Å²) in [5.41, 5.74) is 2.22. The molecule has 1 aromatic heterocycles. The molecule has 0 radical (unpaired) electrons. The van der Waals surface area contributed by atoms with E-state index in [4.69, 9.17) is 16.3 Å². The van der Waals surface area contributed by atoms with Gasteiger partial charge in [-0.3, -0.25) is 4.79 Å². The smallest absolute Gasteiger partial charge is 0.355 e. The van der Waals surface area contributed by atoms with E-state index < -0.39 is 5.97 Å². The van der Waals surface area contributed by atoms with Crippen molar-refractivity contribution < 1.29 is 14.3 Å². The maximum atomic E-state index is 12.0. The van der Waals surface area contributed by atoms with Crippen molar-refractivity contribution in [2.45, 2.75) is 13.8 Å². The van der Waals surface area contributed by atoms with E-state index in [1.165, 1.54) is 0 Å². The van der Waals surface area contributed by atoms with Gasteiger partial charge in [-0.25, -0.2) is 4.79 Å². The maximum absolute atomic E-state index is 12.0. The highest BCUT2D eigenvalue weighted by Gasteiger charge is 2.23. The van der Waals surface area contributed by atoms with E-state index >= 15 is 0 Å². The number of fused-ring (bicyclic) bond motifs is 1. The first-order valence-corrected chi connectivity index (χ1v) is 6.50. The maximum Gasteiger partial charge on any atom is 0.355 e. The van der Waals surface area contributed by atoms with Crippen LogP contribution in [0.2, 0.25) is 0 Å². The number of rotatable bonds is 4. The average Bonchev–Trinajstić information content (AvgIpc) is 2.76. The van der Waals surface area contributed by atoms with E-state index in [9.17, 15) is 9.59 Å². The van der Waals surface area contributed by atoms with Crippen molar-refractivity contribution in [2.24, 2.45) is 0 Å². The van der Waals surface area contributed by atoms with Gasteiger partial charge in [0.1, 0.15) is 5.69 Å². The first-order valence-electron chi connectivity index (χ1n) is 5.97. The molecule has 0 amide bonds. The van der Waals surface area contributed by atoms with E-state index in [0.717, 1.165) is 11.1 Å². The Labute approximate surface area is 115 Å². The fraction of sp³-hybridized carbons (Fsp3) is 0.286. The van der Waals surface area contributed by atoms with Crippen LogP contribution in [-0.2, 0) is 4.74 Å². The van der Waals surface area contributed by atoms with Crippen molar-refractivity contribution >= 4 is 34.3 Å². The number of hydrogen-bond acceptors (Lipinski definition) is 3. The third kappa shape index (κ3) is 2.49. The van der Waals surface area contributed by atoms with Crippen LogP contribution in [0.15, 0.2) is 18.2 Å². The predicted octanol–water partition coefficient (Wildman–Crippen LogP) is 3.07. The second-order valence-electron chi connectivity index (χ2n) is 4.20.